The van der Waals surface area contributed by atoms with Crippen LogP contribution in [0.5, 0.6) is 0 Å². The van der Waals surface area contributed by atoms with Crippen LogP contribution in [0.1, 0.15) is 39.0 Å². The number of hydrogen-bond donors (Lipinski definition) is 1. The fraction of sp³-hybridized carbons (Fsp3) is 0.750. The molecule has 2 nitrogen and oxygen atoms in total. The molecule has 3 aliphatic rings. The molecule has 0 radical (unpaired) electrons. The van der Waals surface area contributed by atoms with Crippen molar-refractivity contribution in [2.45, 2.75) is 44.6 Å². The first-order chi connectivity index (χ1) is 6.57. The van der Waals surface area contributed by atoms with E-state index in [-0.39, 0.29) is 11.2 Å². The van der Waals surface area contributed by atoms with Crippen molar-refractivity contribution in [2.24, 2.45) is 11.3 Å². The zero-order valence-electron chi connectivity index (χ0n) is 8.55. The van der Waals surface area contributed by atoms with E-state index in [4.69, 9.17) is 0 Å². The molecule has 1 N–H and O–H groups in total. The Morgan fingerprint density at radius 2 is 2.29 bits per heavy atom. The number of fused-ring (bicyclic) bond motifs is 1. The molecular formula is C12H16O2. The minimum atomic E-state index is -0.998. The van der Waals surface area contributed by atoms with Gasteiger partial charge in [-0.1, -0.05) is 12.5 Å². The molecule has 0 aliphatic heterocycles. The quantitative estimate of drug-likeness (QED) is 0.635. The lowest BCUT2D eigenvalue weighted by molar-refractivity contribution is -0.133. The van der Waals surface area contributed by atoms with Gasteiger partial charge in [0.25, 0.3) is 0 Å². The molecule has 0 amide bonds. The number of allylic oxidation sites excluding steroid dienone is 1. The van der Waals surface area contributed by atoms with Crippen LogP contribution in [0.4, 0.5) is 0 Å². The van der Waals surface area contributed by atoms with Crippen LogP contribution >= 0.6 is 0 Å². The van der Waals surface area contributed by atoms with Crippen molar-refractivity contribution < 1.29 is 9.90 Å². The van der Waals surface area contributed by atoms with Crippen molar-refractivity contribution in [3.63, 3.8) is 0 Å². The number of aliphatic hydroxyl groups is 1. The summed E-state index contributed by atoms with van der Waals surface area (Å²) in [6, 6.07) is 0. The normalized spacial score (nSPS) is 50.6. The topological polar surface area (TPSA) is 37.3 Å². The van der Waals surface area contributed by atoms with E-state index in [1.165, 1.54) is 12.0 Å². The first-order valence-corrected chi connectivity index (χ1v) is 5.55. The average molecular weight is 192 g/mol. The lowest BCUT2D eigenvalue weighted by Crippen LogP contribution is -2.40. The smallest absolute Gasteiger partial charge is 0.187 e. The average Bonchev–Trinajstić information content (AvgIpc) is 2.61. The third kappa shape index (κ3) is 0.789. The Morgan fingerprint density at radius 3 is 3.07 bits per heavy atom. The van der Waals surface area contributed by atoms with Gasteiger partial charge >= 0.3 is 0 Å². The van der Waals surface area contributed by atoms with Crippen molar-refractivity contribution in [3.8, 4) is 0 Å². The molecule has 0 saturated heterocycles. The fourth-order valence-corrected chi connectivity index (χ4v) is 3.76. The maximum absolute atomic E-state index is 11.7. The Balaban J connectivity index is 2.15. The molecule has 0 aromatic rings. The molecular weight excluding hydrogens is 176 g/mol. The second kappa shape index (κ2) is 2.30. The van der Waals surface area contributed by atoms with Crippen molar-refractivity contribution in [1.29, 1.82) is 0 Å². The van der Waals surface area contributed by atoms with E-state index in [0.29, 0.717) is 18.8 Å². The Kier molecular flexibility index (Phi) is 1.42. The Bertz CT molecular complexity index is 344. The molecule has 1 spiro atoms. The van der Waals surface area contributed by atoms with Crippen molar-refractivity contribution in [3.05, 3.63) is 11.6 Å². The van der Waals surface area contributed by atoms with Gasteiger partial charge in [0.15, 0.2) is 5.78 Å². The van der Waals surface area contributed by atoms with Gasteiger partial charge in [-0.3, -0.25) is 4.79 Å². The van der Waals surface area contributed by atoms with Crippen LogP contribution in [0.15, 0.2) is 11.6 Å². The van der Waals surface area contributed by atoms with Gasteiger partial charge in [0.05, 0.1) is 0 Å². The van der Waals surface area contributed by atoms with E-state index >= 15 is 0 Å². The molecule has 0 aromatic carbocycles. The summed E-state index contributed by atoms with van der Waals surface area (Å²) >= 11 is 0. The summed E-state index contributed by atoms with van der Waals surface area (Å²) < 4.78 is 0. The Morgan fingerprint density at radius 1 is 1.50 bits per heavy atom. The highest BCUT2D eigenvalue weighted by Crippen LogP contribution is 2.62. The van der Waals surface area contributed by atoms with Crippen LogP contribution in [0.2, 0.25) is 0 Å². The van der Waals surface area contributed by atoms with Crippen LogP contribution < -0.4 is 0 Å². The molecule has 3 atom stereocenters. The predicted octanol–water partition coefficient (Wildman–Crippen LogP) is 1.83. The van der Waals surface area contributed by atoms with E-state index in [9.17, 15) is 9.90 Å². The molecule has 14 heavy (non-hydrogen) atoms. The number of hydrogen-bond acceptors (Lipinski definition) is 2. The van der Waals surface area contributed by atoms with E-state index in [0.717, 1.165) is 12.8 Å². The molecule has 2 heteroatoms. The Hall–Kier alpha value is -0.630. The lowest BCUT2D eigenvalue weighted by Gasteiger charge is -2.35. The van der Waals surface area contributed by atoms with Gasteiger partial charge < -0.3 is 5.11 Å². The first kappa shape index (κ1) is 8.66. The molecule has 2 saturated carbocycles. The molecule has 0 aromatic heterocycles. The van der Waals surface area contributed by atoms with Gasteiger partial charge in [0.2, 0.25) is 0 Å². The molecule has 0 heterocycles. The van der Waals surface area contributed by atoms with Gasteiger partial charge in [-0.2, -0.15) is 0 Å². The molecule has 3 aliphatic carbocycles. The summed E-state index contributed by atoms with van der Waals surface area (Å²) in [5, 5.41) is 10.2. The minimum Gasteiger partial charge on any atom is -0.382 e. The van der Waals surface area contributed by atoms with Crippen molar-refractivity contribution in [1.82, 2.24) is 0 Å². The second-order valence-electron chi connectivity index (χ2n) is 5.34. The van der Waals surface area contributed by atoms with E-state index in [2.05, 4.69) is 6.92 Å². The lowest BCUT2D eigenvalue weighted by atomic mass is 9.70. The molecule has 2 bridgehead atoms. The van der Waals surface area contributed by atoms with E-state index in [1.807, 2.05) is 0 Å². The SMILES string of the molecule is CC1CCC2=CC(=O)[C@@]3(O)CC[C@]21C3. The monoisotopic (exact) mass is 192 g/mol. The molecule has 2 fully saturated rings. The zero-order chi connectivity index (χ0) is 9.97. The van der Waals surface area contributed by atoms with Crippen LogP contribution in [-0.4, -0.2) is 16.5 Å². The second-order valence-corrected chi connectivity index (χ2v) is 5.34. The first-order valence-electron chi connectivity index (χ1n) is 5.55. The summed E-state index contributed by atoms with van der Waals surface area (Å²) in [6.45, 7) is 2.27. The van der Waals surface area contributed by atoms with Gasteiger partial charge in [-0.05, 0) is 49.5 Å². The van der Waals surface area contributed by atoms with Gasteiger partial charge in [0.1, 0.15) is 5.60 Å². The molecule has 3 rings (SSSR count). The molecule has 1 unspecified atom stereocenters. The summed E-state index contributed by atoms with van der Waals surface area (Å²) in [4.78, 5) is 11.7. The van der Waals surface area contributed by atoms with Gasteiger partial charge in [-0.25, -0.2) is 0 Å². The highest BCUT2D eigenvalue weighted by Gasteiger charge is 2.59. The Labute approximate surface area is 84.0 Å². The number of ketones is 1. The zero-order valence-corrected chi connectivity index (χ0v) is 8.55. The summed E-state index contributed by atoms with van der Waals surface area (Å²) in [7, 11) is 0. The maximum Gasteiger partial charge on any atom is 0.187 e. The van der Waals surface area contributed by atoms with Crippen LogP contribution in [0.25, 0.3) is 0 Å². The fourth-order valence-electron chi connectivity index (χ4n) is 3.76. The largest absolute Gasteiger partial charge is 0.382 e. The third-order valence-corrected chi connectivity index (χ3v) is 4.79. The highest BCUT2D eigenvalue weighted by atomic mass is 16.3. The standard InChI is InChI=1S/C12H16O2/c1-8-2-3-9-6-10(13)12(14)5-4-11(8,9)7-12/h6,8,14H,2-5,7H2,1H3/t8?,11-,12-/m1/s1. The number of rotatable bonds is 0. The highest BCUT2D eigenvalue weighted by molar-refractivity contribution is 5.99. The van der Waals surface area contributed by atoms with Crippen LogP contribution in [0.3, 0.4) is 0 Å². The summed E-state index contributed by atoms with van der Waals surface area (Å²) in [5.74, 6) is 0.616. The predicted molar refractivity (Wildman–Crippen MR) is 52.7 cm³/mol. The van der Waals surface area contributed by atoms with E-state index in [1.54, 1.807) is 6.08 Å². The van der Waals surface area contributed by atoms with E-state index < -0.39 is 5.60 Å². The number of carbonyl (C=O) groups excluding carboxylic acids is 1. The molecule has 76 valence electrons. The van der Waals surface area contributed by atoms with Crippen LogP contribution in [0, 0.1) is 11.3 Å². The minimum absolute atomic E-state index is 0.0327. The maximum atomic E-state index is 11.7. The van der Waals surface area contributed by atoms with Gasteiger partial charge in [-0.15, -0.1) is 0 Å². The third-order valence-electron chi connectivity index (χ3n) is 4.79. The van der Waals surface area contributed by atoms with Gasteiger partial charge in [0, 0.05) is 0 Å². The van der Waals surface area contributed by atoms with Crippen molar-refractivity contribution in [2.75, 3.05) is 0 Å². The van der Waals surface area contributed by atoms with Crippen molar-refractivity contribution >= 4 is 5.78 Å². The summed E-state index contributed by atoms with van der Waals surface area (Å²) in [5.41, 5.74) is 0.530. The summed E-state index contributed by atoms with van der Waals surface area (Å²) in [6.07, 6.45) is 6.41. The number of carbonyl (C=O) groups is 1. The van der Waals surface area contributed by atoms with Crippen LogP contribution in [-0.2, 0) is 4.79 Å².